The van der Waals surface area contributed by atoms with E-state index in [0.717, 1.165) is 31.5 Å². The van der Waals surface area contributed by atoms with Crippen molar-refractivity contribution in [3.05, 3.63) is 64.7 Å². The summed E-state index contributed by atoms with van der Waals surface area (Å²) in [5.74, 6) is 0.0663. The molecule has 5 rings (SSSR count). The summed E-state index contributed by atoms with van der Waals surface area (Å²) in [7, 11) is 0. The Hall–Kier alpha value is -1.98. The molecule has 1 amide bonds. The molecule has 2 bridgehead atoms. The molecule has 0 radical (unpaired) electrons. The molecule has 0 aliphatic carbocycles. The molecule has 0 spiro atoms. The van der Waals surface area contributed by atoms with Crippen LogP contribution < -0.4 is 0 Å². The quantitative estimate of drug-likeness (QED) is 0.824. The summed E-state index contributed by atoms with van der Waals surface area (Å²) in [6, 6.07) is 10.7. The van der Waals surface area contributed by atoms with Crippen molar-refractivity contribution in [1.82, 2.24) is 14.8 Å². The van der Waals surface area contributed by atoms with E-state index < -0.39 is 0 Å². The van der Waals surface area contributed by atoms with E-state index in [9.17, 15) is 9.18 Å². The van der Waals surface area contributed by atoms with Crippen LogP contribution in [0.1, 0.15) is 28.9 Å². The van der Waals surface area contributed by atoms with E-state index in [0.29, 0.717) is 30.7 Å². The van der Waals surface area contributed by atoms with Gasteiger partial charge in [-0.1, -0.05) is 23.7 Å². The van der Waals surface area contributed by atoms with Crippen LogP contribution in [0.2, 0.25) is 5.02 Å². The number of rotatable bonds is 3. The summed E-state index contributed by atoms with van der Waals surface area (Å²) in [5, 5.41) is 0.151. The van der Waals surface area contributed by atoms with E-state index in [-0.39, 0.29) is 16.7 Å². The summed E-state index contributed by atoms with van der Waals surface area (Å²) >= 11 is 5.79. The number of pyridine rings is 1. The van der Waals surface area contributed by atoms with Crippen molar-refractivity contribution < 1.29 is 9.18 Å². The highest BCUT2D eigenvalue weighted by molar-refractivity contribution is 6.30. The van der Waals surface area contributed by atoms with Gasteiger partial charge in [-0.05, 0) is 48.6 Å². The number of nitrogens with zero attached hydrogens (tertiary/aromatic N) is 3. The summed E-state index contributed by atoms with van der Waals surface area (Å²) in [5.41, 5.74) is 1.42. The van der Waals surface area contributed by atoms with Crippen LogP contribution >= 0.6 is 11.6 Å². The van der Waals surface area contributed by atoms with Crippen LogP contribution in [-0.2, 0) is 6.54 Å². The van der Waals surface area contributed by atoms with Gasteiger partial charge in [-0.2, -0.15) is 0 Å². The first-order valence-corrected chi connectivity index (χ1v) is 9.36. The SMILES string of the molecule is O=C(c1ccccn1)N1C[C@@H]2CC[C@H](C1)N(Cc1ccc(Cl)c(F)c1)C2. The second kappa shape index (κ2) is 7.33. The van der Waals surface area contributed by atoms with E-state index in [1.807, 2.05) is 23.1 Å². The van der Waals surface area contributed by atoms with Gasteiger partial charge in [0.15, 0.2) is 0 Å². The Bertz CT molecular complexity index is 801. The zero-order chi connectivity index (χ0) is 18.1. The number of benzene rings is 1. The molecule has 3 aliphatic heterocycles. The largest absolute Gasteiger partial charge is 0.335 e. The number of aromatic nitrogens is 1. The van der Waals surface area contributed by atoms with Crippen molar-refractivity contribution in [3.8, 4) is 0 Å². The first-order chi connectivity index (χ1) is 12.6. The first-order valence-electron chi connectivity index (χ1n) is 8.98. The van der Waals surface area contributed by atoms with Crippen molar-refractivity contribution in [3.63, 3.8) is 0 Å². The van der Waals surface area contributed by atoms with Crippen LogP contribution in [0.3, 0.4) is 0 Å². The maximum Gasteiger partial charge on any atom is 0.272 e. The Kier molecular flexibility index (Phi) is 4.92. The van der Waals surface area contributed by atoms with Gasteiger partial charge in [-0.15, -0.1) is 0 Å². The molecular weight excluding hydrogens is 353 g/mol. The van der Waals surface area contributed by atoms with E-state index in [1.165, 1.54) is 6.07 Å². The smallest absolute Gasteiger partial charge is 0.272 e. The predicted octanol–water partition coefficient (Wildman–Crippen LogP) is 3.61. The highest BCUT2D eigenvalue weighted by Crippen LogP contribution is 2.30. The maximum atomic E-state index is 13.7. The summed E-state index contributed by atoms with van der Waals surface area (Å²) in [6.45, 7) is 3.07. The van der Waals surface area contributed by atoms with Crippen molar-refractivity contribution >= 4 is 17.5 Å². The Morgan fingerprint density at radius 1 is 1.19 bits per heavy atom. The minimum Gasteiger partial charge on any atom is -0.335 e. The number of amides is 1. The lowest BCUT2D eigenvalue weighted by Gasteiger charge is -2.36. The molecule has 1 aromatic carbocycles. The second-order valence-corrected chi connectivity index (χ2v) is 7.61. The van der Waals surface area contributed by atoms with E-state index in [1.54, 1.807) is 18.3 Å². The van der Waals surface area contributed by atoms with Crippen LogP contribution in [0, 0.1) is 11.7 Å². The fraction of sp³-hybridized carbons (Fsp3) is 0.400. The Labute approximate surface area is 157 Å². The number of carbonyl (C=O) groups is 1. The molecule has 3 aliphatic rings. The molecule has 2 atom stereocenters. The third-order valence-corrected chi connectivity index (χ3v) is 5.67. The molecule has 2 aromatic rings. The fourth-order valence-corrected chi connectivity index (χ4v) is 4.18. The van der Waals surface area contributed by atoms with Gasteiger partial charge in [0.25, 0.3) is 5.91 Å². The van der Waals surface area contributed by atoms with Gasteiger partial charge in [0.2, 0.25) is 0 Å². The molecule has 26 heavy (non-hydrogen) atoms. The van der Waals surface area contributed by atoms with Gasteiger partial charge in [-0.25, -0.2) is 4.39 Å². The zero-order valence-electron chi connectivity index (χ0n) is 14.4. The lowest BCUT2D eigenvalue weighted by molar-refractivity contribution is 0.0730. The third-order valence-electron chi connectivity index (χ3n) is 5.37. The van der Waals surface area contributed by atoms with Crippen LogP contribution in [0.5, 0.6) is 0 Å². The Morgan fingerprint density at radius 2 is 2.08 bits per heavy atom. The third kappa shape index (κ3) is 3.60. The average molecular weight is 374 g/mol. The standard InChI is InChI=1S/C20H21ClFN3O/c21-17-7-5-14(9-18(17)22)10-24-11-15-4-6-16(24)13-25(12-15)20(26)19-3-1-2-8-23-19/h1-3,5,7-9,15-16H,4,6,10-13H2/t15-,16-/m1/s1. The fourth-order valence-electron chi connectivity index (χ4n) is 4.06. The molecule has 3 fully saturated rings. The van der Waals surface area contributed by atoms with Crippen LogP contribution in [-0.4, -0.2) is 46.4 Å². The number of fused-ring (bicyclic) bond motifs is 4. The normalized spacial score (nSPS) is 23.1. The number of piperidine rings is 1. The molecular formula is C20H21ClFN3O. The molecule has 6 heteroatoms. The molecule has 4 heterocycles. The van der Waals surface area contributed by atoms with Crippen molar-refractivity contribution in [2.75, 3.05) is 19.6 Å². The molecule has 1 aromatic heterocycles. The second-order valence-electron chi connectivity index (χ2n) is 7.20. The van der Waals surface area contributed by atoms with Gasteiger partial charge in [0.1, 0.15) is 11.5 Å². The lowest BCUT2D eigenvalue weighted by Crippen LogP contribution is -2.44. The molecule has 0 N–H and O–H groups in total. The van der Waals surface area contributed by atoms with E-state index in [4.69, 9.17) is 11.6 Å². The van der Waals surface area contributed by atoms with Gasteiger partial charge in [0.05, 0.1) is 5.02 Å². The summed E-state index contributed by atoms with van der Waals surface area (Å²) in [6.07, 6.45) is 3.84. The number of carbonyl (C=O) groups excluding carboxylic acids is 1. The van der Waals surface area contributed by atoms with Gasteiger partial charge in [0, 0.05) is 38.4 Å². The van der Waals surface area contributed by atoms with Gasteiger partial charge in [-0.3, -0.25) is 14.7 Å². The van der Waals surface area contributed by atoms with Gasteiger partial charge < -0.3 is 4.90 Å². The first kappa shape index (κ1) is 17.4. The van der Waals surface area contributed by atoms with Crippen molar-refractivity contribution in [2.24, 2.45) is 5.92 Å². The van der Waals surface area contributed by atoms with E-state index in [2.05, 4.69) is 9.88 Å². The average Bonchev–Trinajstić information content (AvgIpc) is 2.97. The Balaban J connectivity index is 1.49. The minimum absolute atomic E-state index is 0.00175. The predicted molar refractivity (Wildman–Crippen MR) is 98.5 cm³/mol. The van der Waals surface area contributed by atoms with Crippen LogP contribution in [0.15, 0.2) is 42.6 Å². The number of halogens is 2. The van der Waals surface area contributed by atoms with Gasteiger partial charge >= 0.3 is 0 Å². The molecule has 136 valence electrons. The topological polar surface area (TPSA) is 36.4 Å². The lowest BCUT2D eigenvalue weighted by atomic mass is 9.94. The summed E-state index contributed by atoms with van der Waals surface area (Å²) < 4.78 is 13.7. The highest BCUT2D eigenvalue weighted by atomic mass is 35.5. The maximum absolute atomic E-state index is 13.7. The minimum atomic E-state index is -0.379. The van der Waals surface area contributed by atoms with Crippen LogP contribution in [0.4, 0.5) is 4.39 Å². The van der Waals surface area contributed by atoms with Crippen molar-refractivity contribution in [2.45, 2.75) is 25.4 Å². The van der Waals surface area contributed by atoms with Crippen molar-refractivity contribution in [1.29, 1.82) is 0 Å². The number of hydrogen-bond donors (Lipinski definition) is 0. The molecule has 4 nitrogen and oxygen atoms in total. The van der Waals surface area contributed by atoms with E-state index >= 15 is 0 Å². The zero-order valence-corrected chi connectivity index (χ0v) is 15.2. The number of hydrogen-bond acceptors (Lipinski definition) is 3. The monoisotopic (exact) mass is 373 g/mol. The highest BCUT2D eigenvalue weighted by Gasteiger charge is 2.36. The van der Waals surface area contributed by atoms with Crippen LogP contribution in [0.25, 0.3) is 0 Å². The molecule has 0 saturated carbocycles. The molecule has 3 saturated heterocycles. The summed E-state index contributed by atoms with van der Waals surface area (Å²) in [4.78, 5) is 21.3. The molecule has 0 unspecified atom stereocenters. The Morgan fingerprint density at radius 3 is 2.85 bits per heavy atom.